The largest absolute Gasteiger partial charge is 0.445 e. The summed E-state index contributed by atoms with van der Waals surface area (Å²) in [5.74, 6) is 3.70. The van der Waals surface area contributed by atoms with Crippen LogP contribution in [0.2, 0.25) is 0 Å². The van der Waals surface area contributed by atoms with Crippen LogP contribution < -0.4 is 15.5 Å². The topological polar surface area (TPSA) is 152 Å². The van der Waals surface area contributed by atoms with Gasteiger partial charge in [-0.25, -0.2) is 0 Å². The Kier molecular flexibility index (Phi) is 13.5. The molecule has 11 heteroatoms. The van der Waals surface area contributed by atoms with Crippen LogP contribution in [0.25, 0.3) is 0 Å². The van der Waals surface area contributed by atoms with Crippen molar-refractivity contribution in [3.8, 4) is 0 Å². The zero-order valence-electron chi connectivity index (χ0n) is 33.7. The summed E-state index contributed by atoms with van der Waals surface area (Å²) in [6.07, 6.45) is 15.2. The molecule has 0 bridgehead atoms. The normalized spacial score (nSPS) is 33.6. The van der Waals surface area contributed by atoms with E-state index in [9.17, 15) is 29.4 Å². The third kappa shape index (κ3) is 9.19. The Morgan fingerprint density at radius 3 is 2.33 bits per heavy atom. The van der Waals surface area contributed by atoms with E-state index >= 15 is 0 Å². The minimum Gasteiger partial charge on any atom is -0.445 e. The maximum absolute atomic E-state index is 12.8. The monoisotopic (exact) mass is 765 g/mol. The van der Waals surface area contributed by atoms with Gasteiger partial charge in [0.15, 0.2) is 0 Å². The first-order valence-electron chi connectivity index (χ1n) is 21.5. The molecule has 0 radical (unpaired) electrons. The molecule has 10 atom stereocenters. The molecule has 0 aromatic carbocycles. The second kappa shape index (κ2) is 18.0. The van der Waals surface area contributed by atoms with Crippen molar-refractivity contribution in [3.05, 3.63) is 30.5 Å². The predicted octanol–water partition coefficient (Wildman–Crippen LogP) is 5.77. The maximum Gasteiger partial charge on any atom is 0.248 e. The molecule has 306 valence electrons. The molecule has 11 nitrogen and oxygen atoms in total. The molecule has 0 spiro atoms. The van der Waals surface area contributed by atoms with Crippen molar-refractivity contribution >= 4 is 29.5 Å². The van der Waals surface area contributed by atoms with E-state index in [0.29, 0.717) is 92.6 Å². The van der Waals surface area contributed by atoms with E-state index < -0.39 is 0 Å². The Hall–Kier alpha value is -3.18. The van der Waals surface area contributed by atoms with Gasteiger partial charge in [0.25, 0.3) is 0 Å². The van der Waals surface area contributed by atoms with Gasteiger partial charge in [-0.3, -0.25) is 24.1 Å². The lowest BCUT2D eigenvalue weighted by molar-refractivity contribution is -0.174. The SMILES string of the molecule is C=CC(=O)N1CCN(c2ccc(CCC(=O)NCCCCCCNC(=O)CC[C@@H](C)[C@H]3CC[C@H]4[C@@H]5[C@H](O)CC6C[C@H](O)CC[C@]6(C)[C@H]5CC[C@]34C)o2)C(=O)C1. The van der Waals surface area contributed by atoms with Crippen molar-refractivity contribution < 1.29 is 33.8 Å². The molecule has 1 aromatic rings. The van der Waals surface area contributed by atoms with E-state index in [4.69, 9.17) is 4.42 Å². The number of rotatable bonds is 16. The number of unbranched alkanes of at least 4 members (excludes halogenated alkanes) is 3. The molecule has 1 aliphatic heterocycles. The number of furan rings is 1. The van der Waals surface area contributed by atoms with Gasteiger partial charge < -0.3 is 30.2 Å². The smallest absolute Gasteiger partial charge is 0.248 e. The molecule has 6 rings (SSSR count). The summed E-state index contributed by atoms with van der Waals surface area (Å²) in [7, 11) is 0. The first-order chi connectivity index (χ1) is 26.3. The van der Waals surface area contributed by atoms with Crippen LogP contribution >= 0.6 is 0 Å². The molecular weight excluding hydrogens is 697 g/mol. The molecule has 1 unspecified atom stereocenters. The third-order valence-corrected chi connectivity index (χ3v) is 15.2. The first-order valence-corrected chi connectivity index (χ1v) is 21.5. The number of aliphatic hydroxyl groups excluding tert-OH is 2. The fourth-order valence-electron chi connectivity index (χ4n) is 12.1. The maximum atomic E-state index is 12.8. The molecule has 4 saturated carbocycles. The van der Waals surface area contributed by atoms with Crippen LogP contribution in [-0.4, -0.2) is 83.7 Å². The lowest BCUT2D eigenvalue weighted by Gasteiger charge is -2.62. The third-order valence-electron chi connectivity index (χ3n) is 15.2. The van der Waals surface area contributed by atoms with E-state index in [-0.39, 0.29) is 53.2 Å². The second-order valence-electron chi connectivity index (χ2n) is 18.3. The highest BCUT2D eigenvalue weighted by atomic mass is 16.4. The van der Waals surface area contributed by atoms with Gasteiger partial charge in [0.1, 0.15) is 12.3 Å². The highest BCUT2D eigenvalue weighted by Crippen LogP contribution is 2.68. The Labute approximate surface area is 328 Å². The molecule has 1 saturated heterocycles. The summed E-state index contributed by atoms with van der Waals surface area (Å²) in [6, 6.07) is 3.52. The van der Waals surface area contributed by atoms with Crippen LogP contribution in [0.5, 0.6) is 0 Å². The molecule has 4 aliphatic carbocycles. The number of aryl methyl sites for hydroxylation is 1. The summed E-state index contributed by atoms with van der Waals surface area (Å²) < 4.78 is 5.83. The van der Waals surface area contributed by atoms with E-state index in [1.165, 1.54) is 41.6 Å². The summed E-state index contributed by atoms with van der Waals surface area (Å²) >= 11 is 0. The van der Waals surface area contributed by atoms with Gasteiger partial charge in [0, 0.05) is 51.5 Å². The number of nitrogens with zero attached hydrogens (tertiary/aromatic N) is 2. The van der Waals surface area contributed by atoms with E-state index in [0.717, 1.165) is 57.8 Å². The molecule has 2 heterocycles. The van der Waals surface area contributed by atoms with Gasteiger partial charge >= 0.3 is 0 Å². The highest BCUT2D eigenvalue weighted by Gasteiger charge is 2.62. The van der Waals surface area contributed by atoms with Crippen molar-refractivity contribution in [2.75, 3.05) is 37.6 Å². The van der Waals surface area contributed by atoms with Crippen LogP contribution in [0.3, 0.4) is 0 Å². The van der Waals surface area contributed by atoms with Gasteiger partial charge in [-0.1, -0.05) is 40.2 Å². The molecule has 4 amide bonds. The summed E-state index contributed by atoms with van der Waals surface area (Å²) in [4.78, 5) is 52.5. The highest BCUT2D eigenvalue weighted by molar-refractivity contribution is 5.98. The number of amides is 4. The number of nitrogens with one attached hydrogen (secondary N) is 2. The van der Waals surface area contributed by atoms with Gasteiger partial charge in [0.05, 0.1) is 12.2 Å². The van der Waals surface area contributed by atoms with Crippen molar-refractivity contribution in [1.82, 2.24) is 15.5 Å². The van der Waals surface area contributed by atoms with Gasteiger partial charge in [-0.05, 0) is 129 Å². The second-order valence-corrected chi connectivity index (χ2v) is 18.3. The van der Waals surface area contributed by atoms with Gasteiger partial charge in [-0.15, -0.1) is 0 Å². The molecule has 5 fully saturated rings. The van der Waals surface area contributed by atoms with Crippen molar-refractivity contribution in [2.24, 2.45) is 46.3 Å². The Morgan fingerprint density at radius 2 is 1.62 bits per heavy atom. The average Bonchev–Trinajstić information content (AvgIpc) is 3.78. The molecule has 55 heavy (non-hydrogen) atoms. The Balaban J connectivity index is 0.811. The molecule has 1 aromatic heterocycles. The minimum atomic E-state index is -0.263. The summed E-state index contributed by atoms with van der Waals surface area (Å²) in [5, 5.41) is 28.0. The minimum absolute atomic E-state index is 0.0125. The van der Waals surface area contributed by atoms with Crippen molar-refractivity contribution in [3.63, 3.8) is 0 Å². The molecule has 4 N–H and O–H groups in total. The van der Waals surface area contributed by atoms with Crippen LogP contribution in [0.1, 0.15) is 123 Å². The number of hydrogen-bond donors (Lipinski definition) is 4. The zero-order chi connectivity index (χ0) is 39.3. The lowest BCUT2D eigenvalue weighted by atomic mass is 9.43. The Morgan fingerprint density at radius 1 is 0.927 bits per heavy atom. The first kappa shape index (κ1) is 41.5. The average molecular weight is 765 g/mol. The fraction of sp³-hybridized carbons (Fsp3) is 0.773. The van der Waals surface area contributed by atoms with E-state index in [2.05, 4.69) is 38.0 Å². The number of carbonyl (C=O) groups excluding carboxylic acids is 4. The standard InChI is InChI=1S/C44H68N4O7/c1-5-39(53)47-24-25-48(40(54)28-47)41-17-12-32(55-41)11-16-38(52)46-23-9-7-6-8-22-45-37(51)15-10-29(2)33-13-14-34-42-35(19-21-44(33,34)4)43(3)20-18-31(49)26-30(43)27-36(42)50/h5,12,17,29-31,33-36,42,49-50H,1,6-11,13-16,18-28H2,2-4H3,(H,45,51)(H,46,52)/t29-,30?,31-,33-,34+,35+,36-,42+,43+,44-/m1/s1. The molecular formula is C44H68N4O7. The number of carbonyl (C=O) groups is 4. The lowest BCUT2D eigenvalue weighted by Crippen LogP contribution is -2.58. The predicted molar refractivity (Wildman–Crippen MR) is 212 cm³/mol. The zero-order valence-corrected chi connectivity index (χ0v) is 33.7. The van der Waals surface area contributed by atoms with Crippen molar-refractivity contribution in [1.29, 1.82) is 0 Å². The van der Waals surface area contributed by atoms with E-state index in [1.807, 2.05) is 0 Å². The van der Waals surface area contributed by atoms with Crippen LogP contribution in [0.4, 0.5) is 5.88 Å². The quantitative estimate of drug-likeness (QED) is 0.123. The van der Waals surface area contributed by atoms with Crippen LogP contribution in [0, 0.1) is 46.3 Å². The molecule has 5 aliphatic rings. The van der Waals surface area contributed by atoms with Gasteiger partial charge in [-0.2, -0.15) is 0 Å². The van der Waals surface area contributed by atoms with Crippen LogP contribution in [-0.2, 0) is 25.6 Å². The summed E-state index contributed by atoms with van der Waals surface area (Å²) in [6.45, 7) is 12.8. The Bertz CT molecular complexity index is 1530. The van der Waals surface area contributed by atoms with Gasteiger partial charge in [0.2, 0.25) is 29.5 Å². The number of hydrogen-bond acceptors (Lipinski definition) is 7. The van der Waals surface area contributed by atoms with Crippen molar-refractivity contribution in [2.45, 2.75) is 136 Å². The summed E-state index contributed by atoms with van der Waals surface area (Å²) in [5.41, 5.74) is 0.477. The van der Waals surface area contributed by atoms with E-state index in [1.54, 1.807) is 12.1 Å². The number of aliphatic hydroxyl groups is 2. The number of anilines is 1. The number of fused-ring (bicyclic) bond motifs is 5. The fourth-order valence-corrected chi connectivity index (χ4v) is 12.1. The number of piperazine rings is 1. The van der Waals surface area contributed by atoms with Crippen LogP contribution in [0.15, 0.2) is 29.2 Å².